The van der Waals surface area contributed by atoms with Crippen LogP contribution in [0, 0.1) is 11.3 Å². The van der Waals surface area contributed by atoms with Crippen molar-refractivity contribution in [3.05, 3.63) is 65.1 Å². The monoisotopic (exact) mass is 440 g/mol. The maximum atomic E-state index is 10.2. The first-order chi connectivity index (χ1) is 15.8. The molecule has 3 aromatic heterocycles. The minimum Gasteiger partial charge on any atom is -0.487 e. The molecule has 4 aromatic rings. The van der Waals surface area contributed by atoms with Crippen LogP contribution in [0.5, 0.6) is 5.75 Å². The molecule has 0 saturated carbocycles. The Labute approximate surface area is 189 Å². The number of anilines is 1. The average Bonchev–Trinajstić information content (AvgIpc) is 3.25. The number of hydrogen-bond acceptors (Lipinski definition) is 9. The highest BCUT2D eigenvalue weighted by Crippen LogP contribution is 2.41. The number of ether oxygens (including phenoxy) is 1. The third-order valence-corrected chi connectivity index (χ3v) is 5.31. The third-order valence-electron chi connectivity index (χ3n) is 5.31. The minimum atomic E-state index is -1.04. The van der Waals surface area contributed by atoms with Crippen LogP contribution in [-0.4, -0.2) is 35.1 Å². The lowest BCUT2D eigenvalue weighted by Gasteiger charge is -2.22. The van der Waals surface area contributed by atoms with Crippen molar-refractivity contribution in [1.29, 1.82) is 5.26 Å². The van der Waals surface area contributed by atoms with Gasteiger partial charge in [-0.05, 0) is 38.1 Å². The van der Waals surface area contributed by atoms with E-state index in [0.717, 1.165) is 11.3 Å². The number of aliphatic hydroxyl groups is 1. The highest BCUT2D eigenvalue weighted by molar-refractivity contribution is 5.80. The first-order valence-electron chi connectivity index (χ1n) is 10.3. The summed E-state index contributed by atoms with van der Waals surface area (Å²) in [5, 5.41) is 28.1. The van der Waals surface area contributed by atoms with Crippen molar-refractivity contribution < 1.29 is 9.84 Å². The van der Waals surface area contributed by atoms with E-state index in [4.69, 9.17) is 10.5 Å². The van der Waals surface area contributed by atoms with Crippen LogP contribution in [0.25, 0.3) is 22.6 Å². The fourth-order valence-corrected chi connectivity index (χ4v) is 3.74. The van der Waals surface area contributed by atoms with Crippen LogP contribution in [0.1, 0.15) is 36.4 Å². The van der Waals surface area contributed by atoms with E-state index in [1.807, 2.05) is 18.2 Å². The highest BCUT2D eigenvalue weighted by atomic mass is 16.5. The molecule has 10 heteroatoms. The van der Waals surface area contributed by atoms with Gasteiger partial charge in [0.2, 0.25) is 5.95 Å². The van der Waals surface area contributed by atoms with Gasteiger partial charge in [0.15, 0.2) is 0 Å². The lowest BCUT2D eigenvalue weighted by atomic mass is 9.98. The molecule has 3 N–H and O–H groups in total. The lowest BCUT2D eigenvalue weighted by Crippen LogP contribution is -2.18. The molecular formula is C23H20N8O2. The van der Waals surface area contributed by atoms with E-state index < -0.39 is 5.60 Å². The van der Waals surface area contributed by atoms with Crippen molar-refractivity contribution in [2.24, 2.45) is 0 Å². The van der Waals surface area contributed by atoms with Crippen molar-refractivity contribution in [3.63, 3.8) is 0 Å². The second-order valence-corrected chi connectivity index (χ2v) is 8.21. The summed E-state index contributed by atoms with van der Waals surface area (Å²) in [6.07, 6.45) is 1.75. The smallest absolute Gasteiger partial charge is 0.221 e. The molecule has 164 valence electrons. The van der Waals surface area contributed by atoms with Gasteiger partial charge in [-0.2, -0.15) is 5.26 Å². The van der Waals surface area contributed by atoms with Gasteiger partial charge in [0.1, 0.15) is 35.4 Å². The van der Waals surface area contributed by atoms with Gasteiger partial charge in [-0.25, -0.2) is 14.6 Å². The molecule has 10 nitrogen and oxygen atoms in total. The van der Waals surface area contributed by atoms with E-state index >= 15 is 0 Å². The lowest BCUT2D eigenvalue weighted by molar-refractivity contribution is 0.0736. The summed E-state index contributed by atoms with van der Waals surface area (Å²) in [5.41, 5.74) is 9.79. The second-order valence-electron chi connectivity index (χ2n) is 8.21. The van der Waals surface area contributed by atoms with Crippen molar-refractivity contribution >= 4 is 5.95 Å². The van der Waals surface area contributed by atoms with Gasteiger partial charge in [-0.3, -0.25) is 4.98 Å². The molecule has 1 aliphatic heterocycles. The number of hydrogen-bond donors (Lipinski definition) is 2. The molecule has 4 heterocycles. The average molecular weight is 440 g/mol. The number of nitrogen functional groups attached to an aromatic ring is 1. The highest BCUT2D eigenvalue weighted by Gasteiger charge is 2.27. The van der Waals surface area contributed by atoms with Gasteiger partial charge >= 0.3 is 0 Å². The standard InChI is InChI=1S/C23H20N8O2/c1-23(2,32)18-8-4-6-14(26-18)10-31-11-17(29-30-31)20-16-12-33-21-13(9-24)5-3-7-15(21)19(16)27-22(25)28-20/h3-8,11,32H,10,12H2,1-2H3,(H2,25,27,28). The van der Waals surface area contributed by atoms with E-state index in [2.05, 4.69) is 31.3 Å². The van der Waals surface area contributed by atoms with Crippen molar-refractivity contribution in [1.82, 2.24) is 29.9 Å². The first-order valence-corrected chi connectivity index (χ1v) is 10.3. The Bertz CT molecular complexity index is 1410. The van der Waals surface area contributed by atoms with Gasteiger partial charge in [0.05, 0.1) is 35.4 Å². The van der Waals surface area contributed by atoms with E-state index in [-0.39, 0.29) is 12.6 Å². The van der Waals surface area contributed by atoms with E-state index in [1.165, 1.54) is 0 Å². The zero-order valence-corrected chi connectivity index (χ0v) is 18.0. The topological polar surface area (TPSA) is 149 Å². The molecule has 0 amide bonds. The SMILES string of the molecule is CC(C)(O)c1cccc(Cn2cc(-c3nc(N)nc4c3COc3c(C#N)cccc3-4)nn2)n1. The molecule has 0 spiro atoms. The van der Waals surface area contributed by atoms with Crippen LogP contribution >= 0.6 is 0 Å². The molecule has 0 aliphatic carbocycles. The molecular weight excluding hydrogens is 420 g/mol. The Hall–Kier alpha value is -4.36. The number of nitrogens with two attached hydrogens (primary N) is 1. The van der Waals surface area contributed by atoms with Crippen LogP contribution in [0.2, 0.25) is 0 Å². The maximum Gasteiger partial charge on any atom is 0.221 e. The van der Waals surface area contributed by atoms with Gasteiger partial charge in [0, 0.05) is 11.1 Å². The third kappa shape index (κ3) is 3.75. The summed E-state index contributed by atoms with van der Waals surface area (Å²) in [5.74, 6) is 0.575. The Morgan fingerprint density at radius 3 is 2.73 bits per heavy atom. The molecule has 0 bridgehead atoms. The van der Waals surface area contributed by atoms with Crippen molar-refractivity contribution in [2.45, 2.75) is 32.6 Å². The van der Waals surface area contributed by atoms with Crippen LogP contribution in [0.3, 0.4) is 0 Å². The quantitative estimate of drug-likeness (QED) is 0.488. The largest absolute Gasteiger partial charge is 0.487 e. The zero-order valence-electron chi connectivity index (χ0n) is 18.0. The predicted octanol–water partition coefficient (Wildman–Crippen LogP) is 2.42. The van der Waals surface area contributed by atoms with Gasteiger partial charge in [0.25, 0.3) is 0 Å². The Kier molecular flexibility index (Phi) is 4.76. The van der Waals surface area contributed by atoms with Crippen molar-refractivity contribution in [3.8, 4) is 34.5 Å². The zero-order chi connectivity index (χ0) is 23.2. The van der Waals surface area contributed by atoms with Gasteiger partial charge in [-0.1, -0.05) is 17.3 Å². The number of pyridine rings is 1. The number of fused-ring (bicyclic) bond motifs is 3. The summed E-state index contributed by atoms with van der Waals surface area (Å²) in [6, 6.07) is 12.9. The summed E-state index contributed by atoms with van der Waals surface area (Å²) in [4.78, 5) is 13.3. The molecule has 1 aromatic carbocycles. The number of aromatic nitrogens is 6. The molecule has 0 saturated heterocycles. The molecule has 5 rings (SSSR count). The molecule has 33 heavy (non-hydrogen) atoms. The molecule has 1 aliphatic rings. The first kappa shape index (κ1) is 20.5. The fourth-order valence-electron chi connectivity index (χ4n) is 3.74. The molecule has 0 atom stereocenters. The Balaban J connectivity index is 1.52. The summed E-state index contributed by atoms with van der Waals surface area (Å²) in [7, 11) is 0. The van der Waals surface area contributed by atoms with Crippen molar-refractivity contribution in [2.75, 3.05) is 5.73 Å². The number of nitrogens with zero attached hydrogens (tertiary/aromatic N) is 7. The number of benzene rings is 1. The molecule has 0 unspecified atom stereocenters. The molecule has 0 radical (unpaired) electrons. The number of rotatable bonds is 4. The van der Waals surface area contributed by atoms with E-state index in [9.17, 15) is 10.4 Å². The van der Waals surface area contributed by atoms with Crippen LogP contribution < -0.4 is 10.5 Å². The second kappa shape index (κ2) is 7.65. The number of nitriles is 1. The predicted molar refractivity (Wildman–Crippen MR) is 119 cm³/mol. The van der Waals surface area contributed by atoms with Gasteiger partial charge in [-0.15, -0.1) is 5.10 Å². The maximum absolute atomic E-state index is 10.2. The molecule has 0 fully saturated rings. The summed E-state index contributed by atoms with van der Waals surface area (Å²) < 4.78 is 7.53. The number of para-hydroxylation sites is 1. The van der Waals surface area contributed by atoms with Crippen LogP contribution in [0.15, 0.2) is 42.6 Å². The van der Waals surface area contributed by atoms with E-state index in [1.54, 1.807) is 42.9 Å². The summed E-state index contributed by atoms with van der Waals surface area (Å²) in [6.45, 7) is 3.92. The summed E-state index contributed by atoms with van der Waals surface area (Å²) >= 11 is 0. The van der Waals surface area contributed by atoms with E-state index in [0.29, 0.717) is 46.2 Å². The Morgan fingerprint density at radius 1 is 1.15 bits per heavy atom. The minimum absolute atomic E-state index is 0.0908. The van der Waals surface area contributed by atoms with Gasteiger partial charge < -0.3 is 15.6 Å². The normalized spacial score (nSPS) is 12.4. The van der Waals surface area contributed by atoms with Crippen LogP contribution in [0.4, 0.5) is 5.95 Å². The Morgan fingerprint density at radius 2 is 1.94 bits per heavy atom. The van der Waals surface area contributed by atoms with Crippen LogP contribution in [-0.2, 0) is 18.8 Å². The fraction of sp³-hybridized carbons (Fsp3) is 0.217.